The van der Waals surface area contributed by atoms with Gasteiger partial charge in [-0.3, -0.25) is 14.4 Å². The molecule has 158 valence electrons. The molecule has 1 aliphatic rings. The zero-order chi connectivity index (χ0) is 21.7. The Morgan fingerprint density at radius 3 is 2.13 bits per heavy atom. The van der Waals surface area contributed by atoms with Crippen molar-refractivity contribution in [2.24, 2.45) is 11.3 Å². The Bertz CT molecular complexity index is 887. The van der Waals surface area contributed by atoms with Crippen molar-refractivity contribution in [3.8, 4) is 0 Å². The summed E-state index contributed by atoms with van der Waals surface area (Å²) in [5.74, 6) is -2.29. The summed E-state index contributed by atoms with van der Waals surface area (Å²) in [6, 6.07) is 16.5. The van der Waals surface area contributed by atoms with E-state index in [2.05, 4.69) is 0 Å². The number of ether oxygens (including phenoxy) is 3. The van der Waals surface area contributed by atoms with E-state index in [-0.39, 0.29) is 25.2 Å². The first-order chi connectivity index (χ1) is 14.4. The Hall–Kier alpha value is -2.99. The molecule has 0 aliphatic carbocycles. The molecule has 0 spiro atoms. The first-order valence-corrected chi connectivity index (χ1v) is 9.85. The Morgan fingerprint density at radius 2 is 1.57 bits per heavy atom. The van der Waals surface area contributed by atoms with Crippen LogP contribution < -0.4 is 0 Å². The van der Waals surface area contributed by atoms with E-state index >= 15 is 0 Å². The van der Waals surface area contributed by atoms with Gasteiger partial charge in [-0.25, -0.2) is 0 Å². The molecule has 0 N–H and O–H groups in total. The van der Waals surface area contributed by atoms with E-state index in [0.717, 1.165) is 11.1 Å². The number of benzene rings is 2. The molecule has 6 nitrogen and oxygen atoms in total. The van der Waals surface area contributed by atoms with E-state index in [9.17, 15) is 14.4 Å². The summed E-state index contributed by atoms with van der Waals surface area (Å²) >= 11 is 0. The van der Waals surface area contributed by atoms with Crippen LogP contribution in [-0.4, -0.2) is 38.5 Å². The summed E-state index contributed by atoms with van der Waals surface area (Å²) in [5.41, 5.74) is 0.836. The van der Waals surface area contributed by atoms with Crippen LogP contribution in [0.3, 0.4) is 0 Å². The minimum Gasteiger partial charge on any atom is -0.468 e. The summed E-state index contributed by atoms with van der Waals surface area (Å²) in [6.07, 6.45) is -0.483. The highest BCUT2D eigenvalue weighted by Gasteiger charge is 2.58. The van der Waals surface area contributed by atoms with Crippen molar-refractivity contribution in [3.63, 3.8) is 0 Å². The fraction of sp³-hybridized carbons (Fsp3) is 0.375. The Balaban J connectivity index is 1.96. The zero-order valence-corrected chi connectivity index (χ0v) is 17.4. The standard InChI is InChI=1S/C24H26O6/c1-16-9-11-18(12-10-16)21-14-24(22(26)28-2,23(27)29-3)19(15-30-21)13-20(25)17-7-5-4-6-8-17/h4-12,19,21H,13-15H2,1-3H3/t19-,21+/m1/s1. The lowest BCUT2D eigenvalue weighted by Crippen LogP contribution is -2.53. The van der Waals surface area contributed by atoms with Gasteiger partial charge < -0.3 is 14.2 Å². The fourth-order valence-electron chi connectivity index (χ4n) is 4.03. The SMILES string of the molecule is COC(=O)C1(C(=O)OC)C[C@@H](c2ccc(C)cc2)OC[C@H]1CC(=O)c1ccccc1. The normalized spacial score (nSPS) is 20.2. The van der Waals surface area contributed by atoms with Gasteiger partial charge in [-0.15, -0.1) is 0 Å². The average molecular weight is 410 g/mol. The van der Waals surface area contributed by atoms with E-state index in [1.807, 2.05) is 37.3 Å². The van der Waals surface area contributed by atoms with Gasteiger partial charge in [0.1, 0.15) is 0 Å². The largest absolute Gasteiger partial charge is 0.468 e. The Morgan fingerprint density at radius 1 is 0.967 bits per heavy atom. The van der Waals surface area contributed by atoms with Crippen molar-refractivity contribution in [2.45, 2.75) is 25.9 Å². The zero-order valence-electron chi connectivity index (χ0n) is 17.4. The molecule has 0 bridgehead atoms. The third kappa shape index (κ3) is 4.14. The predicted molar refractivity (Wildman–Crippen MR) is 110 cm³/mol. The summed E-state index contributed by atoms with van der Waals surface area (Å²) in [4.78, 5) is 38.8. The number of Topliss-reactive ketones (excluding diaryl/α,β-unsaturated/α-hetero) is 1. The highest BCUT2D eigenvalue weighted by Crippen LogP contribution is 2.47. The highest BCUT2D eigenvalue weighted by atomic mass is 16.5. The molecule has 0 saturated carbocycles. The minimum absolute atomic E-state index is 0.0329. The lowest BCUT2D eigenvalue weighted by Gasteiger charge is -2.42. The van der Waals surface area contributed by atoms with Gasteiger partial charge in [-0.1, -0.05) is 60.2 Å². The second-order valence-corrected chi connectivity index (χ2v) is 7.58. The maximum atomic E-state index is 13.0. The lowest BCUT2D eigenvalue weighted by molar-refractivity contribution is -0.189. The number of esters is 2. The van der Waals surface area contributed by atoms with Gasteiger partial charge in [-0.2, -0.15) is 0 Å². The molecule has 3 rings (SSSR count). The van der Waals surface area contributed by atoms with Crippen LogP contribution in [0.15, 0.2) is 54.6 Å². The molecule has 1 heterocycles. The average Bonchev–Trinajstić information content (AvgIpc) is 2.79. The molecule has 1 saturated heterocycles. The number of aryl methyl sites for hydroxylation is 1. The number of carbonyl (C=O) groups is 3. The second-order valence-electron chi connectivity index (χ2n) is 7.58. The second kappa shape index (κ2) is 9.22. The van der Waals surface area contributed by atoms with Crippen molar-refractivity contribution < 1.29 is 28.6 Å². The molecule has 30 heavy (non-hydrogen) atoms. The van der Waals surface area contributed by atoms with Crippen LogP contribution in [0.1, 0.15) is 40.4 Å². The summed E-state index contributed by atoms with van der Waals surface area (Å²) in [5, 5.41) is 0. The van der Waals surface area contributed by atoms with E-state index in [1.54, 1.807) is 24.3 Å². The van der Waals surface area contributed by atoms with Crippen LogP contribution in [0.2, 0.25) is 0 Å². The van der Waals surface area contributed by atoms with Gasteiger partial charge in [-0.05, 0) is 12.5 Å². The van der Waals surface area contributed by atoms with Crippen molar-refractivity contribution >= 4 is 17.7 Å². The van der Waals surface area contributed by atoms with Gasteiger partial charge in [0.25, 0.3) is 0 Å². The lowest BCUT2D eigenvalue weighted by atomic mass is 9.67. The third-order valence-corrected chi connectivity index (χ3v) is 5.78. The van der Waals surface area contributed by atoms with Gasteiger partial charge in [0.15, 0.2) is 11.2 Å². The molecule has 0 radical (unpaired) electrons. The molecular weight excluding hydrogens is 384 g/mol. The molecule has 0 aromatic heterocycles. The number of hydrogen-bond acceptors (Lipinski definition) is 6. The quantitative estimate of drug-likeness (QED) is 0.411. The predicted octanol–water partition coefficient (Wildman–Crippen LogP) is 3.68. The van der Waals surface area contributed by atoms with Crippen molar-refractivity contribution in [3.05, 3.63) is 71.3 Å². The molecule has 0 unspecified atom stereocenters. The van der Waals surface area contributed by atoms with Gasteiger partial charge >= 0.3 is 11.9 Å². The Labute approximate surface area is 176 Å². The van der Waals surface area contributed by atoms with Gasteiger partial charge in [0, 0.05) is 24.3 Å². The maximum absolute atomic E-state index is 13.0. The summed E-state index contributed by atoms with van der Waals surface area (Å²) in [7, 11) is 2.47. The van der Waals surface area contributed by atoms with E-state index in [4.69, 9.17) is 14.2 Å². The van der Waals surface area contributed by atoms with Crippen LogP contribution in [0.4, 0.5) is 0 Å². The number of rotatable bonds is 6. The third-order valence-electron chi connectivity index (χ3n) is 5.78. The molecular formula is C24H26O6. The van der Waals surface area contributed by atoms with Crippen LogP contribution >= 0.6 is 0 Å². The number of carbonyl (C=O) groups excluding carboxylic acids is 3. The van der Waals surface area contributed by atoms with Crippen LogP contribution in [0.5, 0.6) is 0 Å². The first-order valence-electron chi connectivity index (χ1n) is 9.85. The molecule has 1 fully saturated rings. The van der Waals surface area contributed by atoms with Gasteiger partial charge in [0.2, 0.25) is 0 Å². The van der Waals surface area contributed by atoms with E-state index in [1.165, 1.54) is 14.2 Å². The van der Waals surface area contributed by atoms with Crippen LogP contribution in [0, 0.1) is 18.3 Å². The fourth-order valence-corrected chi connectivity index (χ4v) is 4.03. The van der Waals surface area contributed by atoms with E-state index < -0.39 is 29.4 Å². The van der Waals surface area contributed by atoms with Crippen LogP contribution in [-0.2, 0) is 23.8 Å². The monoisotopic (exact) mass is 410 g/mol. The topological polar surface area (TPSA) is 78.9 Å². The maximum Gasteiger partial charge on any atom is 0.323 e. The summed E-state index contributed by atoms with van der Waals surface area (Å²) in [6.45, 7) is 2.03. The molecule has 6 heteroatoms. The molecule has 2 atom stereocenters. The minimum atomic E-state index is -1.62. The van der Waals surface area contributed by atoms with Crippen molar-refractivity contribution in [2.75, 3.05) is 20.8 Å². The first kappa shape index (κ1) is 21.7. The van der Waals surface area contributed by atoms with Gasteiger partial charge in [0.05, 0.1) is 26.9 Å². The molecule has 2 aromatic carbocycles. The summed E-state index contributed by atoms with van der Waals surface area (Å²) < 4.78 is 16.1. The highest BCUT2D eigenvalue weighted by molar-refractivity contribution is 6.02. The van der Waals surface area contributed by atoms with Crippen molar-refractivity contribution in [1.29, 1.82) is 0 Å². The van der Waals surface area contributed by atoms with Crippen molar-refractivity contribution in [1.82, 2.24) is 0 Å². The molecule has 1 aliphatic heterocycles. The Kier molecular flexibility index (Phi) is 6.67. The molecule has 0 amide bonds. The smallest absolute Gasteiger partial charge is 0.323 e. The number of ketones is 1. The number of methoxy groups -OCH3 is 2. The van der Waals surface area contributed by atoms with E-state index in [0.29, 0.717) is 5.56 Å². The molecule has 2 aromatic rings. The van der Waals surface area contributed by atoms with Crippen LogP contribution in [0.25, 0.3) is 0 Å². The number of hydrogen-bond donors (Lipinski definition) is 0.